The van der Waals surface area contributed by atoms with Crippen molar-refractivity contribution in [2.24, 2.45) is 11.8 Å². The van der Waals surface area contributed by atoms with Crippen molar-refractivity contribution in [2.75, 3.05) is 26.2 Å². The number of sulfonamides is 1. The van der Waals surface area contributed by atoms with Gasteiger partial charge in [0.15, 0.2) is 0 Å². The number of benzene rings is 1. The molecule has 0 bridgehead atoms. The molecule has 0 unspecified atom stereocenters. The first-order chi connectivity index (χ1) is 11.6. The Morgan fingerprint density at radius 3 is 2.28 bits per heavy atom. The van der Waals surface area contributed by atoms with Crippen LogP contribution in [0.1, 0.15) is 18.9 Å². The van der Waals surface area contributed by atoms with E-state index < -0.39 is 21.8 Å². The van der Waals surface area contributed by atoms with Crippen molar-refractivity contribution in [1.29, 1.82) is 0 Å². The van der Waals surface area contributed by atoms with Crippen LogP contribution in [0.3, 0.4) is 0 Å². The molecule has 9 heteroatoms. The summed E-state index contributed by atoms with van der Waals surface area (Å²) in [5, 5.41) is 0. The van der Waals surface area contributed by atoms with Gasteiger partial charge < -0.3 is 4.90 Å². The molecule has 1 aliphatic carbocycles. The number of alkyl halides is 3. The van der Waals surface area contributed by atoms with Gasteiger partial charge in [0.25, 0.3) is 0 Å². The number of hydrogen-bond donors (Lipinski definition) is 0. The summed E-state index contributed by atoms with van der Waals surface area (Å²) in [6.45, 7) is 2.70. The lowest BCUT2D eigenvalue weighted by Crippen LogP contribution is -2.51. The van der Waals surface area contributed by atoms with E-state index in [4.69, 9.17) is 0 Å². The number of nitrogens with zero attached hydrogens (tertiary/aromatic N) is 2. The molecule has 0 aromatic heterocycles. The van der Waals surface area contributed by atoms with Crippen LogP contribution in [0.2, 0.25) is 0 Å². The number of piperazine rings is 1. The fraction of sp³-hybridized carbons (Fsp3) is 0.562. The smallest absolute Gasteiger partial charge is 0.340 e. The molecule has 0 radical (unpaired) electrons. The number of carbonyl (C=O) groups is 1. The number of carbonyl (C=O) groups excluding carboxylic acids is 1. The molecule has 138 valence electrons. The van der Waals surface area contributed by atoms with Gasteiger partial charge in [-0.2, -0.15) is 17.5 Å². The molecule has 1 saturated carbocycles. The molecule has 3 rings (SSSR count). The Balaban J connectivity index is 1.71. The Morgan fingerprint density at radius 2 is 1.76 bits per heavy atom. The van der Waals surface area contributed by atoms with Crippen LogP contribution in [0.5, 0.6) is 0 Å². The first-order valence-electron chi connectivity index (χ1n) is 8.07. The summed E-state index contributed by atoms with van der Waals surface area (Å²) in [5.41, 5.74) is -0.995. The highest BCUT2D eigenvalue weighted by atomic mass is 32.2. The SMILES string of the molecule is C[C@H]1C[C@H]1C(=O)N1CCN(S(=O)(=O)c2cccc(C(F)(F)F)c2)CC1. The van der Waals surface area contributed by atoms with Crippen molar-refractivity contribution in [3.05, 3.63) is 29.8 Å². The molecule has 1 aromatic rings. The Kier molecular flexibility index (Phi) is 4.57. The molecule has 2 atom stereocenters. The molecule has 1 amide bonds. The zero-order valence-electron chi connectivity index (χ0n) is 13.7. The molecule has 1 saturated heterocycles. The number of hydrogen-bond acceptors (Lipinski definition) is 3. The minimum Gasteiger partial charge on any atom is -0.340 e. The highest BCUT2D eigenvalue weighted by Crippen LogP contribution is 2.39. The van der Waals surface area contributed by atoms with E-state index in [9.17, 15) is 26.4 Å². The second-order valence-electron chi connectivity index (χ2n) is 6.57. The lowest BCUT2D eigenvalue weighted by Gasteiger charge is -2.34. The summed E-state index contributed by atoms with van der Waals surface area (Å²) in [4.78, 5) is 13.5. The minimum atomic E-state index is -4.60. The molecule has 1 aromatic carbocycles. The first-order valence-corrected chi connectivity index (χ1v) is 9.51. The molecular weight excluding hydrogens is 357 g/mol. The van der Waals surface area contributed by atoms with Crippen LogP contribution in [0.25, 0.3) is 0 Å². The van der Waals surface area contributed by atoms with Gasteiger partial charge in [-0.05, 0) is 30.5 Å². The number of amides is 1. The van der Waals surface area contributed by atoms with Crippen LogP contribution in [-0.4, -0.2) is 49.7 Å². The molecule has 1 aliphatic heterocycles. The van der Waals surface area contributed by atoms with Gasteiger partial charge >= 0.3 is 6.18 Å². The molecule has 25 heavy (non-hydrogen) atoms. The monoisotopic (exact) mass is 376 g/mol. The van der Waals surface area contributed by atoms with E-state index in [1.165, 1.54) is 0 Å². The molecule has 2 fully saturated rings. The average Bonchev–Trinajstić information content (AvgIpc) is 3.30. The molecular formula is C16H19F3N2O3S. The zero-order valence-corrected chi connectivity index (χ0v) is 14.5. The minimum absolute atomic E-state index is 0.0339. The molecule has 5 nitrogen and oxygen atoms in total. The highest BCUT2D eigenvalue weighted by Gasteiger charge is 2.42. The van der Waals surface area contributed by atoms with Crippen LogP contribution < -0.4 is 0 Å². The second kappa shape index (κ2) is 6.28. The molecule has 0 spiro atoms. The number of rotatable bonds is 3. The van der Waals surface area contributed by atoms with Gasteiger partial charge in [-0.25, -0.2) is 8.42 Å². The van der Waals surface area contributed by atoms with Crippen LogP contribution in [0.4, 0.5) is 13.2 Å². The first kappa shape index (κ1) is 18.2. The summed E-state index contributed by atoms with van der Waals surface area (Å²) >= 11 is 0. The van der Waals surface area contributed by atoms with Crippen LogP contribution in [0, 0.1) is 11.8 Å². The molecule has 1 heterocycles. The Labute approximate surface area is 144 Å². The maximum atomic E-state index is 12.8. The maximum absolute atomic E-state index is 12.8. The van der Waals surface area contributed by atoms with Crippen molar-refractivity contribution in [3.63, 3.8) is 0 Å². The van der Waals surface area contributed by atoms with Gasteiger partial charge in [0, 0.05) is 32.1 Å². The van der Waals surface area contributed by atoms with Crippen molar-refractivity contribution in [2.45, 2.75) is 24.4 Å². The van der Waals surface area contributed by atoms with E-state index in [2.05, 4.69) is 0 Å². The highest BCUT2D eigenvalue weighted by molar-refractivity contribution is 7.89. The molecule has 0 N–H and O–H groups in total. The van der Waals surface area contributed by atoms with Crippen molar-refractivity contribution < 1.29 is 26.4 Å². The zero-order chi connectivity index (χ0) is 18.4. The van der Waals surface area contributed by atoms with E-state index in [1.54, 1.807) is 4.90 Å². The van der Waals surface area contributed by atoms with E-state index in [0.29, 0.717) is 12.0 Å². The summed E-state index contributed by atoms with van der Waals surface area (Å²) in [7, 11) is -4.01. The van der Waals surface area contributed by atoms with Crippen LogP contribution in [0.15, 0.2) is 29.2 Å². The third-order valence-corrected chi connectivity index (χ3v) is 6.67. The van der Waals surface area contributed by atoms with Crippen LogP contribution >= 0.6 is 0 Å². The Bertz CT molecular complexity index is 771. The van der Waals surface area contributed by atoms with E-state index in [1.807, 2.05) is 6.92 Å². The Hall–Kier alpha value is -1.61. The third-order valence-electron chi connectivity index (χ3n) is 4.78. The van der Waals surface area contributed by atoms with Crippen molar-refractivity contribution >= 4 is 15.9 Å². The van der Waals surface area contributed by atoms with Crippen molar-refractivity contribution in [1.82, 2.24) is 9.21 Å². The van der Waals surface area contributed by atoms with Gasteiger partial charge in [-0.1, -0.05) is 13.0 Å². The van der Waals surface area contributed by atoms with E-state index in [-0.39, 0.29) is 42.9 Å². The second-order valence-corrected chi connectivity index (χ2v) is 8.51. The van der Waals surface area contributed by atoms with Crippen molar-refractivity contribution in [3.8, 4) is 0 Å². The number of halogens is 3. The fourth-order valence-electron chi connectivity index (χ4n) is 3.03. The average molecular weight is 376 g/mol. The summed E-state index contributed by atoms with van der Waals surface area (Å²) in [6.07, 6.45) is -3.74. The van der Waals surface area contributed by atoms with E-state index >= 15 is 0 Å². The standard InChI is InChI=1S/C16H19F3N2O3S/c1-11-9-14(11)15(22)20-5-7-21(8-6-20)25(23,24)13-4-2-3-12(10-13)16(17,18)19/h2-4,10-11,14H,5-9H2,1H3/t11-,14+/m0/s1. The fourth-order valence-corrected chi connectivity index (χ4v) is 4.50. The quantitative estimate of drug-likeness (QED) is 0.813. The molecule has 2 aliphatic rings. The van der Waals surface area contributed by atoms with Gasteiger partial charge in [-0.3, -0.25) is 4.79 Å². The normalized spacial score (nSPS) is 25.0. The lowest BCUT2D eigenvalue weighted by molar-refractivity contribution is -0.137. The van der Waals surface area contributed by atoms with Crippen LogP contribution in [-0.2, 0) is 21.0 Å². The summed E-state index contributed by atoms with van der Waals surface area (Å²) in [5.74, 6) is 0.453. The van der Waals surface area contributed by atoms with Gasteiger partial charge in [0.05, 0.1) is 10.5 Å². The van der Waals surface area contributed by atoms with Gasteiger partial charge in [-0.15, -0.1) is 0 Å². The van der Waals surface area contributed by atoms with E-state index in [0.717, 1.165) is 28.9 Å². The Morgan fingerprint density at radius 1 is 1.16 bits per heavy atom. The predicted octanol–water partition coefficient (Wildman–Crippen LogP) is 2.19. The van der Waals surface area contributed by atoms with Gasteiger partial charge in [0.2, 0.25) is 15.9 Å². The predicted molar refractivity (Wildman–Crippen MR) is 84.1 cm³/mol. The largest absolute Gasteiger partial charge is 0.416 e. The topological polar surface area (TPSA) is 57.7 Å². The summed E-state index contributed by atoms with van der Waals surface area (Å²) < 4.78 is 64.7. The maximum Gasteiger partial charge on any atom is 0.416 e. The van der Waals surface area contributed by atoms with Gasteiger partial charge in [0.1, 0.15) is 0 Å². The summed E-state index contributed by atoms with van der Waals surface area (Å²) in [6, 6.07) is 3.74. The third kappa shape index (κ3) is 3.67. The lowest BCUT2D eigenvalue weighted by atomic mass is 10.2.